The van der Waals surface area contributed by atoms with E-state index in [1.54, 1.807) is 12.7 Å². The number of rotatable bonds is 4. The number of halogens is 3. The topological polar surface area (TPSA) is 106 Å². The second kappa shape index (κ2) is 6.75. The van der Waals surface area contributed by atoms with Crippen molar-refractivity contribution in [3.05, 3.63) is 12.7 Å². The molecule has 0 bridgehead atoms. The molecule has 2 aliphatic rings. The molecule has 0 unspecified atom stereocenters. The Hall–Kier alpha value is -2.17. The summed E-state index contributed by atoms with van der Waals surface area (Å²) < 4.78 is 38.6. The van der Waals surface area contributed by atoms with E-state index in [2.05, 4.69) is 15.4 Å². The van der Waals surface area contributed by atoms with Crippen LogP contribution in [-0.2, 0) is 20.9 Å². The number of carboxylic acid groups (broad SMARTS) is 1. The number of carbonyl (C=O) groups is 2. The smallest absolute Gasteiger partial charge is 0.475 e. The van der Waals surface area contributed by atoms with E-state index in [4.69, 9.17) is 14.6 Å². The van der Waals surface area contributed by atoms with E-state index < -0.39 is 12.1 Å². The Kier molecular flexibility index (Phi) is 5.11. The van der Waals surface area contributed by atoms with Crippen LogP contribution in [0.5, 0.6) is 0 Å². The normalized spacial score (nSPS) is 27.7. The van der Waals surface area contributed by atoms with Gasteiger partial charge in [0.2, 0.25) is 0 Å². The molecule has 1 aromatic rings. The van der Waals surface area contributed by atoms with E-state index in [0.717, 1.165) is 19.4 Å². The van der Waals surface area contributed by atoms with Crippen LogP contribution in [0.4, 0.5) is 13.2 Å². The zero-order valence-corrected chi connectivity index (χ0v) is 12.8. The molecule has 11 heteroatoms. The second-order valence-corrected chi connectivity index (χ2v) is 5.69. The molecular formula is C13H17F3N4O4. The number of esters is 1. The number of aromatic nitrogens is 3. The van der Waals surface area contributed by atoms with Gasteiger partial charge in [-0.05, 0) is 19.8 Å². The first-order valence-corrected chi connectivity index (χ1v) is 7.23. The van der Waals surface area contributed by atoms with Crippen molar-refractivity contribution in [1.82, 2.24) is 20.1 Å². The van der Waals surface area contributed by atoms with Crippen LogP contribution in [0.15, 0.2) is 12.7 Å². The second-order valence-electron chi connectivity index (χ2n) is 5.69. The minimum Gasteiger partial charge on any atom is -0.475 e. The molecule has 24 heavy (non-hydrogen) atoms. The number of ether oxygens (including phenoxy) is 1. The molecular weight excluding hydrogens is 333 g/mol. The Labute approximate surface area is 135 Å². The van der Waals surface area contributed by atoms with Gasteiger partial charge in [0.05, 0.1) is 6.61 Å². The van der Waals surface area contributed by atoms with E-state index in [1.807, 2.05) is 11.6 Å². The molecule has 1 aliphatic heterocycles. The maximum atomic E-state index is 11.6. The molecule has 0 aromatic carbocycles. The van der Waals surface area contributed by atoms with Crippen molar-refractivity contribution < 1.29 is 32.6 Å². The number of nitrogens with zero attached hydrogens (tertiary/aromatic N) is 3. The first-order chi connectivity index (χ1) is 11.2. The number of hydrogen-bond acceptors (Lipinski definition) is 6. The summed E-state index contributed by atoms with van der Waals surface area (Å²) >= 11 is 0. The number of alkyl halides is 3. The van der Waals surface area contributed by atoms with E-state index >= 15 is 0 Å². The summed E-state index contributed by atoms with van der Waals surface area (Å²) in [6.07, 6.45) is 0.139. The van der Waals surface area contributed by atoms with Gasteiger partial charge in [0.25, 0.3) is 0 Å². The third kappa shape index (κ3) is 4.22. The maximum Gasteiger partial charge on any atom is 0.490 e. The van der Waals surface area contributed by atoms with Crippen molar-refractivity contribution in [2.75, 3.05) is 6.61 Å². The van der Waals surface area contributed by atoms with E-state index in [0.29, 0.717) is 12.6 Å². The first-order valence-electron chi connectivity index (χ1n) is 7.23. The van der Waals surface area contributed by atoms with Gasteiger partial charge >= 0.3 is 18.1 Å². The van der Waals surface area contributed by atoms with E-state index in [9.17, 15) is 18.0 Å². The zero-order valence-electron chi connectivity index (χ0n) is 12.8. The highest BCUT2D eigenvalue weighted by Gasteiger charge is 2.62. The highest BCUT2D eigenvalue weighted by Crippen LogP contribution is 2.55. The number of carbonyl (C=O) groups excluding carboxylic acids is 1. The standard InChI is InChI=1S/C11H16N4O2.C2HF3O2/c1-2-17-10(16)8-3-11(4-9(11)14-8)5-15-7-12-6-13-15;3-2(4,5)1(6)7/h6-9,14H,2-5H2,1H3;(H,6,7)/t8-,9-,11+;/m0./s1. The summed E-state index contributed by atoms with van der Waals surface area (Å²) in [5.41, 5.74) is 0.186. The molecule has 0 spiro atoms. The summed E-state index contributed by atoms with van der Waals surface area (Å²) in [7, 11) is 0. The SMILES string of the molecule is CCOC(=O)[C@@H]1C[C@]2(Cn3cncn3)C[C@@H]2N1.O=C(O)C(F)(F)F. The summed E-state index contributed by atoms with van der Waals surface area (Å²) in [6.45, 7) is 3.11. The highest BCUT2D eigenvalue weighted by atomic mass is 19.4. The molecule has 2 N–H and O–H groups in total. The number of hydrogen-bond donors (Lipinski definition) is 2. The third-order valence-corrected chi connectivity index (χ3v) is 3.96. The van der Waals surface area contributed by atoms with Crippen LogP contribution in [0.1, 0.15) is 19.8 Å². The van der Waals surface area contributed by atoms with Gasteiger partial charge < -0.3 is 15.2 Å². The molecule has 1 aliphatic carbocycles. The monoisotopic (exact) mass is 350 g/mol. The molecule has 2 heterocycles. The summed E-state index contributed by atoms with van der Waals surface area (Å²) in [5, 5.41) is 14.6. The van der Waals surface area contributed by atoms with Gasteiger partial charge in [0, 0.05) is 18.0 Å². The Balaban J connectivity index is 0.000000256. The quantitative estimate of drug-likeness (QED) is 0.766. The lowest BCUT2D eigenvalue weighted by Gasteiger charge is -2.14. The lowest BCUT2D eigenvalue weighted by atomic mass is 10.00. The Morgan fingerprint density at radius 1 is 1.46 bits per heavy atom. The lowest BCUT2D eigenvalue weighted by molar-refractivity contribution is -0.192. The molecule has 0 radical (unpaired) electrons. The van der Waals surface area contributed by atoms with Crippen LogP contribution in [0.3, 0.4) is 0 Å². The van der Waals surface area contributed by atoms with Crippen molar-refractivity contribution >= 4 is 11.9 Å². The van der Waals surface area contributed by atoms with E-state index in [1.165, 1.54) is 0 Å². The van der Waals surface area contributed by atoms with Crippen molar-refractivity contribution in [2.45, 2.75) is 44.6 Å². The number of fused-ring (bicyclic) bond motifs is 1. The maximum absolute atomic E-state index is 11.6. The van der Waals surface area contributed by atoms with E-state index in [-0.39, 0.29) is 17.4 Å². The fourth-order valence-electron chi connectivity index (χ4n) is 2.79. The summed E-state index contributed by atoms with van der Waals surface area (Å²) in [4.78, 5) is 24.5. The van der Waals surface area contributed by atoms with Gasteiger partial charge in [-0.25, -0.2) is 9.78 Å². The predicted molar refractivity (Wildman–Crippen MR) is 72.7 cm³/mol. The van der Waals surface area contributed by atoms with Gasteiger partial charge in [-0.3, -0.25) is 9.48 Å². The molecule has 3 atom stereocenters. The number of nitrogens with one attached hydrogen (secondary N) is 1. The molecule has 1 aromatic heterocycles. The molecule has 2 fully saturated rings. The number of carboxylic acids is 1. The fraction of sp³-hybridized carbons (Fsp3) is 0.692. The lowest BCUT2D eigenvalue weighted by Crippen LogP contribution is -2.35. The molecule has 1 saturated carbocycles. The van der Waals surface area contributed by atoms with Gasteiger partial charge in [-0.15, -0.1) is 0 Å². The van der Waals surface area contributed by atoms with Crippen molar-refractivity contribution in [1.29, 1.82) is 0 Å². The van der Waals surface area contributed by atoms with Gasteiger partial charge in [-0.2, -0.15) is 18.3 Å². The third-order valence-electron chi connectivity index (χ3n) is 3.96. The van der Waals surface area contributed by atoms with Gasteiger partial charge in [0.1, 0.15) is 18.7 Å². The minimum absolute atomic E-state index is 0.127. The Morgan fingerprint density at radius 2 is 2.12 bits per heavy atom. The predicted octanol–water partition coefficient (Wildman–Crippen LogP) is 0.595. The van der Waals surface area contributed by atoms with Crippen molar-refractivity contribution in [2.24, 2.45) is 5.41 Å². The number of piperidine rings is 1. The van der Waals surface area contributed by atoms with Crippen LogP contribution in [0.2, 0.25) is 0 Å². The van der Waals surface area contributed by atoms with Crippen LogP contribution in [0, 0.1) is 5.41 Å². The van der Waals surface area contributed by atoms with Crippen LogP contribution in [0.25, 0.3) is 0 Å². The largest absolute Gasteiger partial charge is 0.490 e. The molecule has 0 amide bonds. The van der Waals surface area contributed by atoms with Gasteiger partial charge in [-0.1, -0.05) is 0 Å². The minimum atomic E-state index is -5.08. The molecule has 1 saturated heterocycles. The van der Waals surface area contributed by atoms with Crippen LogP contribution >= 0.6 is 0 Å². The summed E-state index contributed by atoms with van der Waals surface area (Å²) in [6, 6.07) is 0.290. The molecule has 134 valence electrons. The number of aliphatic carboxylic acids is 1. The van der Waals surface area contributed by atoms with Crippen LogP contribution < -0.4 is 5.32 Å². The Bertz CT molecular complexity index is 593. The molecule has 3 rings (SSSR count). The average molecular weight is 350 g/mol. The van der Waals surface area contributed by atoms with Gasteiger partial charge in [0.15, 0.2) is 0 Å². The first kappa shape index (κ1) is 18.2. The van der Waals surface area contributed by atoms with Crippen LogP contribution in [-0.4, -0.2) is 56.7 Å². The fourth-order valence-corrected chi connectivity index (χ4v) is 2.79. The average Bonchev–Trinajstić information content (AvgIpc) is 2.86. The zero-order chi connectivity index (χ0) is 18.0. The Morgan fingerprint density at radius 3 is 2.62 bits per heavy atom. The highest BCUT2D eigenvalue weighted by molar-refractivity contribution is 5.77. The summed E-state index contributed by atoms with van der Waals surface area (Å²) in [5.74, 6) is -2.88. The van der Waals surface area contributed by atoms with Crippen molar-refractivity contribution in [3.63, 3.8) is 0 Å². The van der Waals surface area contributed by atoms with Crippen molar-refractivity contribution in [3.8, 4) is 0 Å². The molecule has 8 nitrogen and oxygen atoms in total.